The lowest BCUT2D eigenvalue weighted by molar-refractivity contribution is -0.336. The van der Waals surface area contributed by atoms with E-state index < -0.39 is 83.7 Å². The topological polar surface area (TPSA) is 227 Å². The average Bonchev–Trinajstić information content (AvgIpc) is 2.95. The molecule has 3 heterocycles. The van der Waals surface area contributed by atoms with E-state index in [-0.39, 0.29) is 6.54 Å². The second-order valence-corrected chi connectivity index (χ2v) is 13.3. The first kappa shape index (κ1) is 33.7. The zero-order chi connectivity index (χ0) is 32.6. The molecule has 15 heteroatoms. The number of carboxylic acids is 1. The smallest absolute Gasteiger partial charge is 0.335 e. The molecule has 44 heavy (non-hydrogen) atoms. The van der Waals surface area contributed by atoms with Gasteiger partial charge < -0.3 is 45.1 Å². The first-order valence-electron chi connectivity index (χ1n) is 14.3. The van der Waals surface area contributed by atoms with E-state index in [0.717, 1.165) is 5.56 Å². The Morgan fingerprint density at radius 2 is 1.45 bits per heavy atom. The molecule has 0 saturated carbocycles. The minimum atomic E-state index is -1.74. The van der Waals surface area contributed by atoms with Crippen LogP contribution in [0.25, 0.3) is 11.4 Å². The van der Waals surface area contributed by atoms with Crippen LogP contribution >= 0.6 is 0 Å². The van der Waals surface area contributed by atoms with E-state index in [0.29, 0.717) is 11.4 Å². The van der Waals surface area contributed by atoms with Gasteiger partial charge in [0.25, 0.3) is 0 Å². The van der Waals surface area contributed by atoms with Crippen molar-refractivity contribution < 1.29 is 49.3 Å². The van der Waals surface area contributed by atoms with Crippen molar-refractivity contribution in [2.75, 3.05) is 0 Å². The van der Waals surface area contributed by atoms with E-state index in [4.69, 9.17) is 14.2 Å². The van der Waals surface area contributed by atoms with Crippen molar-refractivity contribution in [1.82, 2.24) is 25.7 Å². The second kappa shape index (κ2) is 13.0. The second-order valence-electron chi connectivity index (χ2n) is 13.3. The molecule has 1 aromatic heterocycles. The maximum atomic E-state index is 13.5. The number of hydrogen-bond donors (Lipinski definition) is 6. The van der Waals surface area contributed by atoms with E-state index in [9.17, 15) is 35.1 Å². The molecule has 0 radical (unpaired) electrons. The molecule has 0 spiro atoms. The maximum Gasteiger partial charge on any atom is 0.335 e. The molecule has 1 aromatic carbocycles. The number of carbonyl (C=O) groups is 2. The minimum Gasteiger partial charge on any atom is -0.479 e. The van der Waals surface area contributed by atoms with Gasteiger partial charge in [0, 0.05) is 18.0 Å². The van der Waals surface area contributed by atoms with E-state index in [1.807, 2.05) is 0 Å². The highest BCUT2D eigenvalue weighted by molar-refractivity contribution is 5.81. The van der Waals surface area contributed by atoms with Gasteiger partial charge in [-0.25, -0.2) is 4.79 Å². The molecule has 6 N–H and O–H groups in total. The fourth-order valence-electron chi connectivity index (χ4n) is 5.64. The maximum absolute atomic E-state index is 13.5. The van der Waals surface area contributed by atoms with Gasteiger partial charge in [-0.05, 0) is 16.4 Å². The van der Waals surface area contributed by atoms with Crippen LogP contribution in [0, 0.1) is 16.7 Å². The molecule has 2 fully saturated rings. The molecule has 4 unspecified atom stereocenters. The summed E-state index contributed by atoms with van der Waals surface area (Å²) >= 11 is 0. The third-order valence-corrected chi connectivity index (χ3v) is 7.93. The van der Waals surface area contributed by atoms with Crippen LogP contribution in [0.4, 0.5) is 0 Å². The van der Waals surface area contributed by atoms with Crippen molar-refractivity contribution in [1.29, 1.82) is 0 Å². The van der Waals surface area contributed by atoms with Gasteiger partial charge in [0.05, 0.1) is 12.2 Å². The molecule has 15 nitrogen and oxygen atoms in total. The highest BCUT2D eigenvalue weighted by Gasteiger charge is 2.56. The normalized spacial score (nSPS) is 33.0. The zero-order valence-corrected chi connectivity index (χ0v) is 25.4. The lowest BCUT2D eigenvalue weighted by atomic mass is 9.71. The lowest BCUT2D eigenvalue weighted by Crippen LogP contribution is -2.67. The molecule has 4 rings (SSSR count). The number of carboxylic acid groups (broad SMARTS) is 1. The predicted molar refractivity (Wildman–Crippen MR) is 151 cm³/mol. The van der Waals surface area contributed by atoms with Crippen LogP contribution in [0.5, 0.6) is 0 Å². The van der Waals surface area contributed by atoms with Gasteiger partial charge in [-0.3, -0.25) is 4.79 Å². The highest BCUT2D eigenvalue weighted by atomic mass is 16.7. The fraction of sp³-hybridized carbons (Fsp3) is 0.655. The number of ether oxygens (including phenoxy) is 3. The first-order valence-corrected chi connectivity index (χ1v) is 14.3. The van der Waals surface area contributed by atoms with Crippen LogP contribution in [0.15, 0.2) is 30.6 Å². The lowest BCUT2D eigenvalue weighted by Gasteiger charge is -2.50. The highest BCUT2D eigenvalue weighted by Crippen LogP contribution is 2.41. The Bertz CT molecular complexity index is 1290. The molecule has 2 aromatic rings. The number of amides is 1. The van der Waals surface area contributed by atoms with Gasteiger partial charge in [-0.1, -0.05) is 65.8 Å². The molecule has 242 valence electrons. The number of benzene rings is 1. The molecule has 2 aliphatic rings. The Hall–Kier alpha value is -3.18. The molecule has 10 atom stereocenters. The molecule has 1 amide bonds. The zero-order valence-electron chi connectivity index (χ0n) is 25.4. The summed E-state index contributed by atoms with van der Waals surface area (Å²) in [6.45, 7) is 10.6. The fourth-order valence-corrected chi connectivity index (χ4v) is 5.64. The summed E-state index contributed by atoms with van der Waals surface area (Å²) < 4.78 is 17.3. The summed E-state index contributed by atoms with van der Waals surface area (Å²) in [5, 5.41) is 71.7. The van der Waals surface area contributed by atoms with Crippen LogP contribution in [-0.4, -0.2) is 113 Å². The SMILES string of the molecule is CC(C)(C)[C@@H]1OC(C(=O)O)[C@@H](O[C@@H]2OC(C(=O)NCc3ccc(-c4nncnn4)cc3)[C@@H](C(C)(C)C)[C@@H](O)C2O)[C@@H](O)C1O. The minimum absolute atomic E-state index is 0.0861. The van der Waals surface area contributed by atoms with Crippen LogP contribution in [-0.2, 0) is 30.3 Å². The van der Waals surface area contributed by atoms with E-state index >= 15 is 0 Å². The van der Waals surface area contributed by atoms with Crippen molar-refractivity contribution in [2.24, 2.45) is 16.7 Å². The Labute approximate surface area is 254 Å². The van der Waals surface area contributed by atoms with Crippen LogP contribution < -0.4 is 5.32 Å². The molecular weight excluding hydrogens is 578 g/mol. The van der Waals surface area contributed by atoms with Crippen molar-refractivity contribution in [2.45, 2.75) is 103 Å². The number of rotatable bonds is 7. The molecule has 0 aliphatic carbocycles. The van der Waals surface area contributed by atoms with Gasteiger partial charge >= 0.3 is 5.97 Å². The third kappa shape index (κ3) is 7.20. The Morgan fingerprint density at radius 3 is 2.00 bits per heavy atom. The summed E-state index contributed by atoms with van der Waals surface area (Å²) in [6, 6.07) is 7.00. The number of nitrogens with zero attached hydrogens (tertiary/aromatic N) is 4. The first-order chi connectivity index (χ1) is 20.5. The van der Waals surface area contributed by atoms with Gasteiger partial charge in [0.15, 0.2) is 18.7 Å². The van der Waals surface area contributed by atoms with E-state index in [1.165, 1.54) is 6.33 Å². The Kier molecular flexibility index (Phi) is 9.99. The molecule has 2 saturated heterocycles. The number of aliphatic hydroxyl groups is 4. The number of hydrogen-bond acceptors (Lipinski definition) is 13. The monoisotopic (exact) mass is 619 g/mol. The number of carbonyl (C=O) groups excluding carboxylic acids is 1. The van der Waals surface area contributed by atoms with E-state index in [1.54, 1.807) is 65.8 Å². The van der Waals surface area contributed by atoms with Crippen LogP contribution in [0.2, 0.25) is 0 Å². The summed E-state index contributed by atoms with van der Waals surface area (Å²) in [7, 11) is 0. The number of aliphatic hydroxyl groups excluding tert-OH is 4. The summed E-state index contributed by atoms with van der Waals surface area (Å²) in [5.41, 5.74) is -0.0678. The summed E-state index contributed by atoms with van der Waals surface area (Å²) in [5.74, 6) is -2.66. The van der Waals surface area contributed by atoms with Crippen LogP contribution in [0.1, 0.15) is 47.1 Å². The summed E-state index contributed by atoms with van der Waals surface area (Å²) in [6.07, 6.45) is -12.9. The van der Waals surface area contributed by atoms with Gasteiger partial charge in [-0.15, -0.1) is 20.4 Å². The largest absolute Gasteiger partial charge is 0.479 e. The molecule has 2 aliphatic heterocycles. The molecular formula is C29H41N5O10. The standard InChI is InChI=1S/C29H41N5O10/c1-28(2,3)15-16(35)19(38)27(44-21-17(36)18(37)23(29(4,5)6)42-22(21)26(40)41)43-20(15)25(39)30-11-13-7-9-14(10-8-13)24-33-31-12-32-34-24/h7-10,12,15-23,27,35-38H,11H2,1-6H3,(H,30,39)(H,40,41)/t15-,16+,17-,18?,19?,20?,21-,22?,23+,27-/m0/s1. The Balaban J connectivity index is 1.52. The van der Waals surface area contributed by atoms with Gasteiger partial charge in [0.1, 0.15) is 30.5 Å². The van der Waals surface area contributed by atoms with Crippen molar-refractivity contribution in [3.05, 3.63) is 36.2 Å². The third-order valence-electron chi connectivity index (χ3n) is 7.93. The van der Waals surface area contributed by atoms with Crippen molar-refractivity contribution in [3.63, 3.8) is 0 Å². The number of nitrogens with one attached hydrogen (secondary N) is 1. The average molecular weight is 620 g/mol. The van der Waals surface area contributed by atoms with E-state index in [2.05, 4.69) is 25.7 Å². The number of aliphatic carboxylic acids is 1. The number of aromatic nitrogens is 4. The van der Waals surface area contributed by atoms with Gasteiger partial charge in [-0.2, -0.15) is 0 Å². The summed E-state index contributed by atoms with van der Waals surface area (Å²) in [4.78, 5) is 25.6. The van der Waals surface area contributed by atoms with Crippen molar-refractivity contribution in [3.8, 4) is 11.4 Å². The van der Waals surface area contributed by atoms with Gasteiger partial charge in [0.2, 0.25) is 11.7 Å². The van der Waals surface area contributed by atoms with Crippen molar-refractivity contribution >= 4 is 11.9 Å². The molecule has 0 bridgehead atoms. The van der Waals surface area contributed by atoms with Crippen LogP contribution in [0.3, 0.4) is 0 Å². The quantitative estimate of drug-likeness (QED) is 0.233. The predicted octanol–water partition coefficient (Wildman–Crippen LogP) is -0.336. The Morgan fingerprint density at radius 1 is 0.841 bits per heavy atom.